The van der Waals surface area contributed by atoms with Crippen LogP contribution < -0.4 is 4.90 Å². The van der Waals surface area contributed by atoms with Crippen molar-refractivity contribution in [3.8, 4) is 6.07 Å². The minimum absolute atomic E-state index is 0.0477. The van der Waals surface area contributed by atoms with E-state index in [1.54, 1.807) is 30.2 Å². The molecule has 0 spiro atoms. The fourth-order valence-corrected chi connectivity index (χ4v) is 1.63. The minimum atomic E-state index is -0.415. The SMILES string of the molecule is COCCN(CCC#N)c1ccccc1[N+](=O)[O-]. The van der Waals surface area contributed by atoms with Gasteiger partial charge in [0, 0.05) is 26.3 Å². The van der Waals surface area contributed by atoms with Crippen molar-refractivity contribution in [2.24, 2.45) is 0 Å². The molecule has 0 amide bonds. The first kappa shape index (κ1) is 13.9. The van der Waals surface area contributed by atoms with Gasteiger partial charge in [0.1, 0.15) is 5.69 Å². The molecule has 1 aromatic carbocycles. The van der Waals surface area contributed by atoms with E-state index < -0.39 is 4.92 Å². The molecule has 0 N–H and O–H groups in total. The molecule has 0 aliphatic carbocycles. The van der Waals surface area contributed by atoms with Gasteiger partial charge in [0.25, 0.3) is 5.69 Å². The van der Waals surface area contributed by atoms with Crippen molar-refractivity contribution in [2.75, 3.05) is 31.7 Å². The molecule has 0 heterocycles. The third kappa shape index (κ3) is 3.71. The number of hydrogen-bond acceptors (Lipinski definition) is 5. The van der Waals surface area contributed by atoms with Gasteiger partial charge in [-0.1, -0.05) is 12.1 Å². The van der Waals surface area contributed by atoms with Crippen molar-refractivity contribution in [1.82, 2.24) is 0 Å². The normalized spacial score (nSPS) is 9.78. The van der Waals surface area contributed by atoms with Gasteiger partial charge in [-0.15, -0.1) is 0 Å². The first-order chi connectivity index (χ1) is 8.70. The number of nitriles is 1. The second kappa shape index (κ2) is 7.25. The summed E-state index contributed by atoms with van der Waals surface area (Å²) >= 11 is 0. The third-order valence-corrected chi connectivity index (χ3v) is 2.48. The Labute approximate surface area is 106 Å². The highest BCUT2D eigenvalue weighted by molar-refractivity contribution is 5.63. The molecule has 0 radical (unpaired) electrons. The summed E-state index contributed by atoms with van der Waals surface area (Å²) in [5, 5.41) is 19.6. The van der Waals surface area contributed by atoms with E-state index >= 15 is 0 Å². The van der Waals surface area contributed by atoms with Crippen LogP contribution in [-0.2, 0) is 4.74 Å². The van der Waals surface area contributed by atoms with Crippen LogP contribution in [0.3, 0.4) is 0 Å². The highest BCUT2D eigenvalue weighted by atomic mass is 16.6. The summed E-state index contributed by atoms with van der Waals surface area (Å²) in [7, 11) is 1.57. The molecule has 0 bridgehead atoms. The fourth-order valence-electron chi connectivity index (χ4n) is 1.63. The lowest BCUT2D eigenvalue weighted by atomic mass is 10.2. The molecule has 0 saturated heterocycles. The zero-order chi connectivity index (χ0) is 13.4. The number of ether oxygens (including phenoxy) is 1. The summed E-state index contributed by atoms with van der Waals surface area (Å²) < 4.78 is 4.98. The van der Waals surface area contributed by atoms with Gasteiger partial charge < -0.3 is 9.64 Å². The number of hydrogen-bond donors (Lipinski definition) is 0. The molecule has 1 rings (SSSR count). The molecule has 0 saturated carbocycles. The monoisotopic (exact) mass is 249 g/mol. The maximum absolute atomic E-state index is 11.0. The molecule has 0 unspecified atom stereocenters. The van der Waals surface area contributed by atoms with E-state index in [9.17, 15) is 10.1 Å². The molecule has 96 valence electrons. The average Bonchev–Trinajstić information content (AvgIpc) is 2.39. The number of nitrogens with zero attached hydrogens (tertiary/aromatic N) is 3. The largest absolute Gasteiger partial charge is 0.383 e. The Morgan fingerprint density at radius 3 is 2.78 bits per heavy atom. The van der Waals surface area contributed by atoms with E-state index in [0.717, 1.165) is 0 Å². The smallest absolute Gasteiger partial charge is 0.292 e. The van der Waals surface area contributed by atoms with Crippen LogP contribution in [0, 0.1) is 21.4 Å². The number of nitro groups is 1. The van der Waals surface area contributed by atoms with Crippen LogP contribution in [0.1, 0.15) is 6.42 Å². The highest BCUT2D eigenvalue weighted by Crippen LogP contribution is 2.27. The van der Waals surface area contributed by atoms with Crippen LogP contribution in [-0.4, -0.2) is 31.7 Å². The van der Waals surface area contributed by atoms with Crippen molar-refractivity contribution in [3.05, 3.63) is 34.4 Å². The Hall–Kier alpha value is -2.13. The molecular weight excluding hydrogens is 234 g/mol. The summed E-state index contributed by atoms with van der Waals surface area (Å²) in [6.07, 6.45) is 0.315. The maximum Gasteiger partial charge on any atom is 0.292 e. The van der Waals surface area contributed by atoms with Gasteiger partial charge in [-0.3, -0.25) is 10.1 Å². The lowest BCUT2D eigenvalue weighted by Gasteiger charge is -2.22. The quantitative estimate of drug-likeness (QED) is 0.545. The Balaban J connectivity index is 2.96. The molecule has 0 atom stereocenters. The Bertz CT molecular complexity index is 442. The molecule has 6 nitrogen and oxygen atoms in total. The lowest BCUT2D eigenvalue weighted by Crippen LogP contribution is -2.28. The van der Waals surface area contributed by atoms with Crippen LogP contribution in [0.4, 0.5) is 11.4 Å². The second-order valence-electron chi connectivity index (χ2n) is 3.63. The van der Waals surface area contributed by atoms with Gasteiger partial charge in [-0.05, 0) is 6.07 Å². The number of benzene rings is 1. The van der Waals surface area contributed by atoms with Gasteiger partial charge in [0.05, 0.1) is 24.0 Å². The molecular formula is C12H15N3O3. The third-order valence-electron chi connectivity index (χ3n) is 2.48. The number of anilines is 1. The van der Waals surface area contributed by atoms with Crippen molar-refractivity contribution in [3.63, 3.8) is 0 Å². The summed E-state index contributed by atoms with van der Waals surface area (Å²) in [4.78, 5) is 12.3. The summed E-state index contributed by atoms with van der Waals surface area (Å²) in [6, 6.07) is 8.56. The summed E-state index contributed by atoms with van der Waals surface area (Å²) in [5.41, 5.74) is 0.571. The van der Waals surface area contributed by atoms with E-state index in [1.165, 1.54) is 6.07 Å². The van der Waals surface area contributed by atoms with Gasteiger partial charge >= 0.3 is 0 Å². The fraction of sp³-hybridized carbons (Fsp3) is 0.417. The van der Waals surface area contributed by atoms with E-state index in [2.05, 4.69) is 0 Å². The predicted octanol–water partition coefficient (Wildman–Crippen LogP) is 1.96. The molecule has 0 aliphatic rings. The topological polar surface area (TPSA) is 79.4 Å². The predicted molar refractivity (Wildman–Crippen MR) is 67.4 cm³/mol. The summed E-state index contributed by atoms with van der Waals surface area (Å²) in [5.74, 6) is 0. The number of para-hydroxylation sites is 2. The van der Waals surface area contributed by atoms with E-state index in [4.69, 9.17) is 10.00 Å². The number of rotatable bonds is 7. The summed E-state index contributed by atoms with van der Waals surface area (Å²) in [6.45, 7) is 1.42. The van der Waals surface area contributed by atoms with Crippen molar-refractivity contribution in [2.45, 2.75) is 6.42 Å². The number of nitro benzene ring substituents is 1. The van der Waals surface area contributed by atoms with Crippen molar-refractivity contribution in [1.29, 1.82) is 5.26 Å². The molecule has 1 aromatic rings. The maximum atomic E-state index is 11.0. The average molecular weight is 249 g/mol. The molecule has 18 heavy (non-hydrogen) atoms. The Morgan fingerprint density at radius 1 is 1.44 bits per heavy atom. The van der Waals surface area contributed by atoms with E-state index in [0.29, 0.717) is 31.8 Å². The zero-order valence-electron chi connectivity index (χ0n) is 10.2. The van der Waals surface area contributed by atoms with Crippen LogP contribution in [0.5, 0.6) is 0 Å². The van der Waals surface area contributed by atoms with Crippen molar-refractivity contribution >= 4 is 11.4 Å². The van der Waals surface area contributed by atoms with Crippen molar-refractivity contribution < 1.29 is 9.66 Å². The highest BCUT2D eigenvalue weighted by Gasteiger charge is 2.18. The molecule has 0 fully saturated rings. The standard InChI is InChI=1S/C12H15N3O3/c1-18-10-9-14(8-4-7-13)11-5-2-3-6-12(11)15(16)17/h2-3,5-6H,4,8-10H2,1H3. The van der Waals surface area contributed by atoms with Gasteiger partial charge in [0.2, 0.25) is 0 Å². The van der Waals surface area contributed by atoms with Gasteiger partial charge in [0.15, 0.2) is 0 Å². The Kier molecular flexibility index (Phi) is 5.61. The first-order valence-electron chi connectivity index (χ1n) is 5.55. The molecule has 6 heteroatoms. The van der Waals surface area contributed by atoms with Crippen LogP contribution in [0.25, 0.3) is 0 Å². The Morgan fingerprint density at radius 2 is 2.17 bits per heavy atom. The zero-order valence-corrected chi connectivity index (χ0v) is 10.2. The van der Waals surface area contributed by atoms with Crippen LogP contribution >= 0.6 is 0 Å². The van der Waals surface area contributed by atoms with E-state index in [1.807, 2.05) is 6.07 Å². The van der Waals surface area contributed by atoms with E-state index in [-0.39, 0.29) is 5.69 Å². The minimum Gasteiger partial charge on any atom is -0.383 e. The van der Waals surface area contributed by atoms with Gasteiger partial charge in [-0.2, -0.15) is 5.26 Å². The second-order valence-corrected chi connectivity index (χ2v) is 3.63. The lowest BCUT2D eigenvalue weighted by molar-refractivity contribution is -0.384. The molecule has 0 aromatic heterocycles. The van der Waals surface area contributed by atoms with Gasteiger partial charge in [-0.25, -0.2) is 0 Å². The first-order valence-corrected chi connectivity index (χ1v) is 5.55. The van der Waals surface area contributed by atoms with Crippen LogP contribution in [0.2, 0.25) is 0 Å². The number of methoxy groups -OCH3 is 1. The molecule has 0 aliphatic heterocycles. The van der Waals surface area contributed by atoms with Crippen LogP contribution in [0.15, 0.2) is 24.3 Å².